The molecular weight excluding hydrogens is 192 g/mol. The van der Waals surface area contributed by atoms with Crippen molar-refractivity contribution in [2.24, 2.45) is 17.8 Å². The van der Waals surface area contributed by atoms with Crippen LogP contribution in [0.25, 0.3) is 0 Å². The van der Waals surface area contributed by atoms with Crippen LogP contribution in [-0.4, -0.2) is 0 Å². The Labute approximate surface area is 104 Å². The molecule has 0 aromatic carbocycles. The molecule has 0 heterocycles. The van der Waals surface area contributed by atoms with Crippen molar-refractivity contribution in [1.29, 1.82) is 0 Å². The van der Waals surface area contributed by atoms with Crippen LogP contribution >= 0.6 is 0 Å². The molecule has 0 amide bonds. The third-order valence-electron chi connectivity index (χ3n) is 4.43. The Kier molecular flexibility index (Phi) is 10.2. The van der Waals surface area contributed by atoms with Crippen molar-refractivity contribution in [3.63, 3.8) is 0 Å². The lowest BCUT2D eigenvalue weighted by atomic mass is 9.84. The minimum absolute atomic E-state index is 0.927. The van der Waals surface area contributed by atoms with Crippen molar-refractivity contribution in [2.75, 3.05) is 0 Å². The summed E-state index contributed by atoms with van der Waals surface area (Å²) in [7, 11) is 0. The van der Waals surface area contributed by atoms with Crippen molar-refractivity contribution in [2.45, 2.75) is 86.0 Å². The van der Waals surface area contributed by atoms with Gasteiger partial charge in [-0.3, -0.25) is 0 Å². The standard InChI is InChI=1S/C16H34/c1-6-11-15(8-3)12-10-13-16(9-4)14(5)7-2/h14-16H,6-13H2,1-5H3. The zero-order valence-electron chi connectivity index (χ0n) is 12.4. The zero-order chi connectivity index (χ0) is 12.4. The smallest absolute Gasteiger partial charge is 0.0391 e. The lowest BCUT2D eigenvalue weighted by Gasteiger charge is -2.22. The molecule has 0 aliphatic heterocycles. The SMILES string of the molecule is CCCC(CC)CCCC(CC)C(C)CC. The maximum atomic E-state index is 2.43. The Hall–Kier alpha value is 0. The van der Waals surface area contributed by atoms with Crippen molar-refractivity contribution in [3.05, 3.63) is 0 Å². The van der Waals surface area contributed by atoms with Gasteiger partial charge in [-0.25, -0.2) is 0 Å². The van der Waals surface area contributed by atoms with Crippen LogP contribution in [0.4, 0.5) is 0 Å². The molecule has 0 saturated heterocycles. The van der Waals surface area contributed by atoms with Gasteiger partial charge in [0.05, 0.1) is 0 Å². The van der Waals surface area contributed by atoms with Crippen LogP contribution < -0.4 is 0 Å². The van der Waals surface area contributed by atoms with Crippen LogP contribution in [0.2, 0.25) is 0 Å². The predicted octanol–water partition coefficient (Wildman–Crippen LogP) is 6.06. The molecule has 3 atom stereocenters. The quantitative estimate of drug-likeness (QED) is 0.425. The second-order valence-corrected chi connectivity index (χ2v) is 5.55. The second kappa shape index (κ2) is 10.2. The third kappa shape index (κ3) is 6.55. The number of rotatable bonds is 10. The van der Waals surface area contributed by atoms with E-state index in [0.29, 0.717) is 0 Å². The highest BCUT2D eigenvalue weighted by Crippen LogP contribution is 2.26. The van der Waals surface area contributed by atoms with E-state index in [1.807, 2.05) is 0 Å². The lowest BCUT2D eigenvalue weighted by Crippen LogP contribution is -2.10. The minimum atomic E-state index is 0.927. The van der Waals surface area contributed by atoms with Crippen LogP contribution in [0.3, 0.4) is 0 Å². The molecule has 0 aromatic heterocycles. The van der Waals surface area contributed by atoms with Gasteiger partial charge in [0.25, 0.3) is 0 Å². The van der Waals surface area contributed by atoms with Gasteiger partial charge < -0.3 is 0 Å². The van der Waals surface area contributed by atoms with E-state index in [1.165, 1.54) is 51.4 Å². The molecule has 0 fully saturated rings. The monoisotopic (exact) mass is 226 g/mol. The molecular formula is C16H34. The molecule has 0 aliphatic rings. The van der Waals surface area contributed by atoms with E-state index in [2.05, 4.69) is 34.6 Å². The van der Waals surface area contributed by atoms with E-state index in [9.17, 15) is 0 Å². The Morgan fingerprint density at radius 2 is 1.44 bits per heavy atom. The van der Waals surface area contributed by atoms with Gasteiger partial charge in [0.2, 0.25) is 0 Å². The van der Waals surface area contributed by atoms with Crippen LogP contribution in [0.1, 0.15) is 86.0 Å². The number of hydrogen-bond acceptors (Lipinski definition) is 0. The highest BCUT2D eigenvalue weighted by molar-refractivity contribution is 4.66. The van der Waals surface area contributed by atoms with Gasteiger partial charge >= 0.3 is 0 Å². The van der Waals surface area contributed by atoms with Gasteiger partial charge in [-0.1, -0.05) is 86.0 Å². The van der Waals surface area contributed by atoms with E-state index >= 15 is 0 Å². The minimum Gasteiger partial charge on any atom is -0.0654 e. The summed E-state index contributed by atoms with van der Waals surface area (Å²) in [4.78, 5) is 0. The fourth-order valence-corrected chi connectivity index (χ4v) is 2.85. The maximum Gasteiger partial charge on any atom is -0.0391 e. The average Bonchev–Trinajstić information content (AvgIpc) is 2.32. The average molecular weight is 226 g/mol. The molecule has 16 heavy (non-hydrogen) atoms. The molecule has 0 aliphatic carbocycles. The van der Waals surface area contributed by atoms with Crippen LogP contribution in [0.15, 0.2) is 0 Å². The summed E-state index contributed by atoms with van der Waals surface area (Å²) in [6.07, 6.45) is 11.3. The molecule has 0 radical (unpaired) electrons. The molecule has 0 nitrogen and oxygen atoms in total. The molecule has 0 saturated carbocycles. The predicted molar refractivity (Wildman–Crippen MR) is 75.8 cm³/mol. The molecule has 98 valence electrons. The van der Waals surface area contributed by atoms with E-state index in [4.69, 9.17) is 0 Å². The van der Waals surface area contributed by atoms with Gasteiger partial charge in [-0.05, 0) is 17.8 Å². The van der Waals surface area contributed by atoms with Crippen molar-refractivity contribution >= 4 is 0 Å². The summed E-state index contributed by atoms with van der Waals surface area (Å²) in [5.41, 5.74) is 0. The molecule has 0 heteroatoms. The second-order valence-electron chi connectivity index (χ2n) is 5.55. The number of hydrogen-bond donors (Lipinski definition) is 0. The summed E-state index contributed by atoms with van der Waals surface area (Å²) in [6, 6.07) is 0. The molecule has 0 bridgehead atoms. The Balaban J connectivity index is 3.75. The normalized spacial score (nSPS) is 17.1. The van der Waals surface area contributed by atoms with E-state index in [0.717, 1.165) is 17.8 Å². The van der Waals surface area contributed by atoms with Crippen LogP contribution in [-0.2, 0) is 0 Å². The first-order chi connectivity index (χ1) is 7.69. The lowest BCUT2D eigenvalue weighted by molar-refractivity contribution is 0.294. The fraction of sp³-hybridized carbons (Fsp3) is 1.00. The largest absolute Gasteiger partial charge is 0.0654 e. The highest BCUT2D eigenvalue weighted by Gasteiger charge is 2.14. The van der Waals surface area contributed by atoms with Crippen LogP contribution in [0, 0.1) is 17.8 Å². The first-order valence-corrected chi connectivity index (χ1v) is 7.69. The summed E-state index contributed by atoms with van der Waals surface area (Å²) in [5.74, 6) is 2.90. The van der Waals surface area contributed by atoms with Gasteiger partial charge in [0, 0.05) is 0 Å². The molecule has 0 spiro atoms. The van der Waals surface area contributed by atoms with E-state index < -0.39 is 0 Å². The van der Waals surface area contributed by atoms with Gasteiger partial charge in [0.1, 0.15) is 0 Å². The fourth-order valence-electron chi connectivity index (χ4n) is 2.85. The van der Waals surface area contributed by atoms with Gasteiger partial charge in [-0.2, -0.15) is 0 Å². The summed E-state index contributed by atoms with van der Waals surface area (Å²) < 4.78 is 0. The third-order valence-corrected chi connectivity index (χ3v) is 4.43. The van der Waals surface area contributed by atoms with Crippen molar-refractivity contribution in [1.82, 2.24) is 0 Å². The van der Waals surface area contributed by atoms with E-state index in [-0.39, 0.29) is 0 Å². The Bertz CT molecular complexity index is 139. The maximum absolute atomic E-state index is 2.43. The Morgan fingerprint density at radius 1 is 0.750 bits per heavy atom. The molecule has 0 rings (SSSR count). The summed E-state index contributed by atoms with van der Waals surface area (Å²) >= 11 is 0. The summed E-state index contributed by atoms with van der Waals surface area (Å²) in [6.45, 7) is 11.8. The topological polar surface area (TPSA) is 0 Å². The van der Waals surface area contributed by atoms with Crippen LogP contribution in [0.5, 0.6) is 0 Å². The first kappa shape index (κ1) is 16.0. The highest BCUT2D eigenvalue weighted by atomic mass is 14.2. The Morgan fingerprint density at radius 3 is 1.88 bits per heavy atom. The van der Waals surface area contributed by atoms with Gasteiger partial charge in [0.15, 0.2) is 0 Å². The molecule has 0 aromatic rings. The van der Waals surface area contributed by atoms with Crippen molar-refractivity contribution in [3.8, 4) is 0 Å². The summed E-state index contributed by atoms with van der Waals surface area (Å²) in [5, 5.41) is 0. The first-order valence-electron chi connectivity index (χ1n) is 7.69. The molecule has 3 unspecified atom stereocenters. The molecule has 0 N–H and O–H groups in total. The zero-order valence-corrected chi connectivity index (χ0v) is 12.4. The van der Waals surface area contributed by atoms with E-state index in [1.54, 1.807) is 0 Å². The van der Waals surface area contributed by atoms with Gasteiger partial charge in [-0.15, -0.1) is 0 Å². The van der Waals surface area contributed by atoms with Crippen molar-refractivity contribution < 1.29 is 0 Å².